The highest BCUT2D eigenvalue weighted by molar-refractivity contribution is 5.05. The van der Waals surface area contributed by atoms with Crippen molar-refractivity contribution in [2.24, 2.45) is 0 Å². The van der Waals surface area contributed by atoms with Crippen molar-refractivity contribution in [1.82, 2.24) is 9.80 Å². The molecule has 2 rings (SSSR count). The molecule has 4 heteroatoms. The lowest BCUT2D eigenvalue weighted by atomic mass is 10.2. The molecule has 0 unspecified atom stereocenters. The van der Waals surface area contributed by atoms with Gasteiger partial charge in [-0.1, -0.05) is 0 Å². The highest BCUT2D eigenvalue weighted by Gasteiger charge is 2.16. The highest BCUT2D eigenvalue weighted by atomic mass is 16.3. The van der Waals surface area contributed by atoms with Crippen LogP contribution in [0.15, 0.2) is 23.0 Å². The average molecular weight is 210 g/mol. The Morgan fingerprint density at radius 1 is 1.20 bits per heavy atom. The zero-order chi connectivity index (χ0) is 10.5. The van der Waals surface area contributed by atoms with E-state index in [4.69, 9.17) is 9.52 Å². The fourth-order valence-corrected chi connectivity index (χ4v) is 1.95. The van der Waals surface area contributed by atoms with Crippen molar-refractivity contribution in [1.29, 1.82) is 0 Å². The first kappa shape index (κ1) is 10.7. The maximum Gasteiger partial charge on any atom is 0.0947 e. The minimum absolute atomic E-state index is 0.266. The highest BCUT2D eigenvalue weighted by Crippen LogP contribution is 2.08. The van der Waals surface area contributed by atoms with E-state index in [1.54, 1.807) is 12.5 Å². The molecule has 0 aromatic carbocycles. The molecule has 1 N–H and O–H groups in total. The van der Waals surface area contributed by atoms with Crippen molar-refractivity contribution < 1.29 is 9.52 Å². The van der Waals surface area contributed by atoms with Crippen LogP contribution in [0.2, 0.25) is 0 Å². The second kappa shape index (κ2) is 5.30. The summed E-state index contributed by atoms with van der Waals surface area (Å²) >= 11 is 0. The molecule has 1 aliphatic heterocycles. The third-order valence-corrected chi connectivity index (χ3v) is 2.87. The van der Waals surface area contributed by atoms with Crippen molar-refractivity contribution in [2.75, 3.05) is 39.3 Å². The molecular weight excluding hydrogens is 192 g/mol. The lowest BCUT2D eigenvalue weighted by Gasteiger charge is -2.34. The van der Waals surface area contributed by atoms with Gasteiger partial charge in [0, 0.05) is 44.8 Å². The van der Waals surface area contributed by atoms with Gasteiger partial charge in [0.05, 0.1) is 19.1 Å². The van der Waals surface area contributed by atoms with E-state index in [1.165, 1.54) is 5.56 Å². The minimum atomic E-state index is 0.266. The molecule has 1 fully saturated rings. The summed E-state index contributed by atoms with van der Waals surface area (Å²) in [5, 5.41) is 8.82. The largest absolute Gasteiger partial charge is 0.472 e. The third kappa shape index (κ3) is 3.06. The topological polar surface area (TPSA) is 39.9 Å². The van der Waals surface area contributed by atoms with E-state index >= 15 is 0 Å². The predicted molar refractivity (Wildman–Crippen MR) is 57.5 cm³/mol. The van der Waals surface area contributed by atoms with Crippen LogP contribution in [0.5, 0.6) is 0 Å². The molecule has 84 valence electrons. The Hall–Kier alpha value is -0.840. The van der Waals surface area contributed by atoms with Gasteiger partial charge in [-0.2, -0.15) is 0 Å². The number of rotatable bonds is 4. The molecule has 1 aliphatic rings. The zero-order valence-corrected chi connectivity index (χ0v) is 8.93. The number of hydrogen-bond acceptors (Lipinski definition) is 4. The van der Waals surface area contributed by atoms with E-state index in [0.29, 0.717) is 0 Å². The Morgan fingerprint density at radius 2 is 1.93 bits per heavy atom. The van der Waals surface area contributed by atoms with Gasteiger partial charge in [0.1, 0.15) is 0 Å². The number of aliphatic hydroxyl groups is 1. The van der Waals surface area contributed by atoms with Gasteiger partial charge in [-0.3, -0.25) is 9.80 Å². The number of hydrogen-bond donors (Lipinski definition) is 1. The van der Waals surface area contributed by atoms with Crippen LogP contribution >= 0.6 is 0 Å². The molecule has 0 amide bonds. The van der Waals surface area contributed by atoms with Crippen LogP contribution in [0.1, 0.15) is 5.56 Å². The van der Waals surface area contributed by atoms with Gasteiger partial charge in [0.2, 0.25) is 0 Å². The monoisotopic (exact) mass is 210 g/mol. The van der Waals surface area contributed by atoms with Crippen LogP contribution < -0.4 is 0 Å². The first-order valence-corrected chi connectivity index (χ1v) is 5.45. The Kier molecular flexibility index (Phi) is 3.77. The van der Waals surface area contributed by atoms with E-state index < -0.39 is 0 Å². The normalized spacial score (nSPS) is 19.5. The first-order valence-electron chi connectivity index (χ1n) is 5.45. The molecule has 4 nitrogen and oxygen atoms in total. The molecule has 0 bridgehead atoms. The van der Waals surface area contributed by atoms with Gasteiger partial charge in [0.25, 0.3) is 0 Å². The molecule has 15 heavy (non-hydrogen) atoms. The summed E-state index contributed by atoms with van der Waals surface area (Å²) in [6, 6.07) is 2.01. The summed E-state index contributed by atoms with van der Waals surface area (Å²) in [6.07, 6.45) is 3.53. The number of aliphatic hydroxyl groups excluding tert-OH is 1. The van der Waals surface area contributed by atoms with Crippen molar-refractivity contribution in [2.45, 2.75) is 6.54 Å². The quantitative estimate of drug-likeness (QED) is 0.780. The molecule has 2 heterocycles. The number of β-amino-alcohol motifs (C(OH)–C–C–N with tert-alkyl or cyclic N) is 1. The van der Waals surface area contributed by atoms with Crippen molar-refractivity contribution >= 4 is 0 Å². The molecule has 1 aromatic rings. The second-order valence-corrected chi connectivity index (χ2v) is 3.97. The Labute approximate surface area is 90.1 Å². The summed E-state index contributed by atoms with van der Waals surface area (Å²) in [5.74, 6) is 0. The number of piperazine rings is 1. The maximum atomic E-state index is 8.82. The van der Waals surface area contributed by atoms with Crippen molar-refractivity contribution in [3.63, 3.8) is 0 Å². The van der Waals surface area contributed by atoms with Crippen molar-refractivity contribution in [3.05, 3.63) is 24.2 Å². The number of nitrogens with zero attached hydrogens (tertiary/aromatic N) is 2. The summed E-state index contributed by atoms with van der Waals surface area (Å²) in [5.41, 5.74) is 1.24. The molecular formula is C11H18N2O2. The Morgan fingerprint density at radius 3 is 2.53 bits per heavy atom. The molecule has 0 radical (unpaired) electrons. The lowest BCUT2D eigenvalue weighted by molar-refractivity contribution is 0.108. The standard InChI is InChI=1S/C11H18N2O2/c14-7-6-12-2-4-13(5-3-12)9-11-1-8-15-10-11/h1,8,10,14H,2-7,9H2. The fourth-order valence-electron chi connectivity index (χ4n) is 1.95. The molecule has 1 saturated heterocycles. The van der Waals surface area contributed by atoms with Crippen molar-refractivity contribution in [3.8, 4) is 0 Å². The van der Waals surface area contributed by atoms with E-state index in [9.17, 15) is 0 Å². The molecule has 0 saturated carbocycles. The van der Waals surface area contributed by atoms with Gasteiger partial charge in [0.15, 0.2) is 0 Å². The van der Waals surface area contributed by atoms with Crippen LogP contribution in [0.3, 0.4) is 0 Å². The lowest BCUT2D eigenvalue weighted by Crippen LogP contribution is -2.46. The van der Waals surface area contributed by atoms with E-state index in [2.05, 4.69) is 9.80 Å². The molecule has 0 aliphatic carbocycles. The zero-order valence-electron chi connectivity index (χ0n) is 8.93. The summed E-state index contributed by atoms with van der Waals surface area (Å²) in [7, 11) is 0. The van der Waals surface area contributed by atoms with Crippen LogP contribution in [-0.2, 0) is 6.54 Å². The van der Waals surface area contributed by atoms with Gasteiger partial charge >= 0.3 is 0 Å². The fraction of sp³-hybridized carbons (Fsp3) is 0.636. The van der Waals surface area contributed by atoms with Gasteiger partial charge in [-0.15, -0.1) is 0 Å². The van der Waals surface area contributed by atoms with E-state index in [0.717, 1.165) is 39.3 Å². The van der Waals surface area contributed by atoms with Gasteiger partial charge < -0.3 is 9.52 Å². The van der Waals surface area contributed by atoms with Gasteiger partial charge in [-0.25, -0.2) is 0 Å². The number of furan rings is 1. The molecule has 0 atom stereocenters. The summed E-state index contributed by atoms with van der Waals surface area (Å²) in [6.45, 7) is 6.30. The SMILES string of the molecule is OCCN1CCN(Cc2ccoc2)CC1. The molecule has 1 aromatic heterocycles. The third-order valence-electron chi connectivity index (χ3n) is 2.87. The van der Waals surface area contributed by atoms with Gasteiger partial charge in [-0.05, 0) is 6.07 Å². The van der Waals surface area contributed by atoms with Crippen LogP contribution in [0.25, 0.3) is 0 Å². The van der Waals surface area contributed by atoms with E-state index in [1.807, 2.05) is 6.07 Å². The predicted octanol–water partition coefficient (Wildman–Crippen LogP) is 0.389. The van der Waals surface area contributed by atoms with Crippen LogP contribution in [-0.4, -0.2) is 54.2 Å². The first-order chi connectivity index (χ1) is 7.38. The summed E-state index contributed by atoms with van der Waals surface area (Å²) < 4.78 is 5.05. The van der Waals surface area contributed by atoms with Crippen LogP contribution in [0.4, 0.5) is 0 Å². The Balaban J connectivity index is 1.74. The minimum Gasteiger partial charge on any atom is -0.472 e. The second-order valence-electron chi connectivity index (χ2n) is 3.97. The van der Waals surface area contributed by atoms with Crippen LogP contribution in [0, 0.1) is 0 Å². The molecule has 0 spiro atoms. The smallest absolute Gasteiger partial charge is 0.0947 e. The van der Waals surface area contributed by atoms with E-state index in [-0.39, 0.29) is 6.61 Å². The Bertz CT molecular complexity index is 266. The summed E-state index contributed by atoms with van der Waals surface area (Å²) in [4.78, 5) is 4.71. The maximum absolute atomic E-state index is 8.82. The average Bonchev–Trinajstić information content (AvgIpc) is 2.74.